The van der Waals surface area contributed by atoms with E-state index in [1.165, 1.54) is 5.69 Å². The van der Waals surface area contributed by atoms with Gasteiger partial charge in [0.15, 0.2) is 5.65 Å². The molecule has 0 radical (unpaired) electrons. The Morgan fingerprint density at radius 3 is 2.42 bits per heavy atom. The van der Waals surface area contributed by atoms with Crippen molar-refractivity contribution in [2.75, 3.05) is 36.0 Å². The summed E-state index contributed by atoms with van der Waals surface area (Å²) >= 11 is 0. The maximum absolute atomic E-state index is 9.49. The number of pyridine rings is 2. The predicted molar refractivity (Wildman–Crippen MR) is 95.1 cm³/mol. The van der Waals surface area contributed by atoms with Gasteiger partial charge in [-0.15, -0.1) is 0 Å². The first-order valence-electron chi connectivity index (χ1n) is 8.06. The summed E-state index contributed by atoms with van der Waals surface area (Å²) in [6.45, 7) is 3.51. The van der Waals surface area contributed by atoms with Crippen molar-refractivity contribution in [1.82, 2.24) is 9.97 Å². The summed E-state index contributed by atoms with van der Waals surface area (Å²) in [4.78, 5) is 13.5. The molecule has 3 heterocycles. The highest BCUT2D eigenvalue weighted by Gasteiger charge is 2.21. The molecule has 5 heteroatoms. The van der Waals surface area contributed by atoms with Crippen molar-refractivity contribution in [3.05, 3.63) is 60.3 Å². The van der Waals surface area contributed by atoms with Gasteiger partial charge >= 0.3 is 0 Å². The number of fused-ring (bicyclic) bond motifs is 1. The van der Waals surface area contributed by atoms with Gasteiger partial charge in [0.2, 0.25) is 0 Å². The van der Waals surface area contributed by atoms with Crippen LogP contribution >= 0.6 is 0 Å². The summed E-state index contributed by atoms with van der Waals surface area (Å²) < 4.78 is 0. The van der Waals surface area contributed by atoms with Crippen LogP contribution in [-0.2, 0) is 0 Å². The van der Waals surface area contributed by atoms with Crippen LogP contribution in [-0.4, -0.2) is 36.1 Å². The monoisotopic (exact) mass is 315 g/mol. The third-order valence-electron chi connectivity index (χ3n) is 4.39. The molecule has 0 aliphatic carbocycles. The van der Waals surface area contributed by atoms with E-state index in [4.69, 9.17) is 0 Å². The first-order chi connectivity index (χ1) is 11.8. The number of nitrogens with zero attached hydrogens (tertiary/aromatic N) is 5. The van der Waals surface area contributed by atoms with Crippen LogP contribution in [0, 0.1) is 11.3 Å². The second kappa shape index (κ2) is 6.17. The number of benzene rings is 1. The zero-order valence-electron chi connectivity index (χ0n) is 13.3. The molecule has 0 unspecified atom stereocenters. The molecule has 0 spiro atoms. The van der Waals surface area contributed by atoms with E-state index < -0.39 is 0 Å². The summed E-state index contributed by atoms with van der Waals surface area (Å²) in [6, 6.07) is 18.4. The summed E-state index contributed by atoms with van der Waals surface area (Å²) in [5, 5.41) is 10.4. The quantitative estimate of drug-likeness (QED) is 0.728. The van der Waals surface area contributed by atoms with Crippen molar-refractivity contribution in [2.24, 2.45) is 0 Å². The largest absolute Gasteiger partial charge is 0.368 e. The Labute approximate surface area is 140 Å². The summed E-state index contributed by atoms with van der Waals surface area (Å²) in [5.74, 6) is 0.747. The molecule has 1 aliphatic heterocycles. The Balaban J connectivity index is 1.59. The number of nitriles is 1. The lowest BCUT2D eigenvalue weighted by Gasteiger charge is -2.37. The van der Waals surface area contributed by atoms with Crippen LogP contribution in [0.4, 0.5) is 11.5 Å². The third-order valence-corrected chi connectivity index (χ3v) is 4.39. The molecule has 2 aromatic heterocycles. The van der Waals surface area contributed by atoms with Gasteiger partial charge in [0.05, 0.1) is 5.56 Å². The van der Waals surface area contributed by atoms with Crippen molar-refractivity contribution < 1.29 is 0 Å². The van der Waals surface area contributed by atoms with Crippen LogP contribution in [0.2, 0.25) is 0 Å². The van der Waals surface area contributed by atoms with E-state index in [2.05, 4.69) is 50.1 Å². The smallest absolute Gasteiger partial charge is 0.161 e. The third kappa shape index (κ3) is 2.63. The van der Waals surface area contributed by atoms with E-state index in [1.807, 2.05) is 24.3 Å². The van der Waals surface area contributed by atoms with Crippen molar-refractivity contribution in [3.8, 4) is 6.07 Å². The van der Waals surface area contributed by atoms with E-state index in [-0.39, 0.29) is 0 Å². The molecule has 3 aromatic rings. The van der Waals surface area contributed by atoms with Crippen molar-refractivity contribution >= 4 is 22.5 Å². The van der Waals surface area contributed by atoms with E-state index >= 15 is 0 Å². The molecule has 0 amide bonds. The highest BCUT2D eigenvalue weighted by molar-refractivity contribution is 5.79. The normalized spacial score (nSPS) is 14.6. The average molecular weight is 315 g/mol. The second-order valence-electron chi connectivity index (χ2n) is 5.83. The lowest BCUT2D eigenvalue weighted by molar-refractivity contribution is 0.647. The van der Waals surface area contributed by atoms with Crippen LogP contribution in [0.25, 0.3) is 11.0 Å². The summed E-state index contributed by atoms with van der Waals surface area (Å²) in [5.41, 5.74) is 2.55. The molecule has 4 rings (SSSR count). The number of anilines is 2. The average Bonchev–Trinajstić information content (AvgIpc) is 2.68. The Bertz CT molecular complexity index is 893. The Morgan fingerprint density at radius 1 is 0.917 bits per heavy atom. The lowest BCUT2D eigenvalue weighted by atomic mass is 10.1. The van der Waals surface area contributed by atoms with Crippen LogP contribution < -0.4 is 9.80 Å². The van der Waals surface area contributed by atoms with E-state index in [9.17, 15) is 5.26 Å². The molecule has 0 bridgehead atoms. The number of piperazine rings is 1. The molecule has 1 saturated heterocycles. The Hall–Kier alpha value is -3.13. The molecule has 0 atom stereocenters. The standard InChI is InChI=1S/C19H17N5/c20-14-16-13-15-5-4-8-21-18(15)22-19(16)24-11-9-23(10-12-24)17-6-2-1-3-7-17/h1-8,13H,9-12H2. The molecule has 0 N–H and O–H groups in total. The molecular weight excluding hydrogens is 298 g/mol. The summed E-state index contributed by atoms with van der Waals surface area (Å²) in [6.07, 6.45) is 1.73. The van der Waals surface area contributed by atoms with Crippen molar-refractivity contribution in [2.45, 2.75) is 0 Å². The number of hydrogen-bond acceptors (Lipinski definition) is 5. The minimum Gasteiger partial charge on any atom is -0.368 e. The zero-order chi connectivity index (χ0) is 16.4. The zero-order valence-corrected chi connectivity index (χ0v) is 13.3. The van der Waals surface area contributed by atoms with Gasteiger partial charge in [0.1, 0.15) is 11.9 Å². The fourth-order valence-electron chi connectivity index (χ4n) is 3.13. The highest BCUT2D eigenvalue weighted by atomic mass is 15.3. The predicted octanol–water partition coefficient (Wildman–Crippen LogP) is 2.83. The number of para-hydroxylation sites is 1. The first kappa shape index (κ1) is 14.5. The van der Waals surface area contributed by atoms with Gasteiger partial charge in [0, 0.05) is 43.4 Å². The van der Waals surface area contributed by atoms with Gasteiger partial charge in [0.25, 0.3) is 0 Å². The van der Waals surface area contributed by atoms with E-state index in [0.717, 1.165) is 37.4 Å². The van der Waals surface area contributed by atoms with Crippen molar-refractivity contribution in [3.63, 3.8) is 0 Å². The van der Waals surface area contributed by atoms with Crippen LogP contribution in [0.3, 0.4) is 0 Å². The molecular formula is C19H17N5. The molecule has 0 saturated carbocycles. The maximum Gasteiger partial charge on any atom is 0.161 e. The molecule has 1 fully saturated rings. The maximum atomic E-state index is 9.49. The van der Waals surface area contributed by atoms with Gasteiger partial charge in [-0.2, -0.15) is 5.26 Å². The molecule has 118 valence electrons. The topological polar surface area (TPSA) is 56.1 Å². The van der Waals surface area contributed by atoms with Crippen molar-refractivity contribution in [1.29, 1.82) is 5.26 Å². The number of hydrogen-bond donors (Lipinski definition) is 0. The first-order valence-corrected chi connectivity index (χ1v) is 8.06. The van der Waals surface area contributed by atoms with Crippen LogP contribution in [0.1, 0.15) is 5.56 Å². The minimum atomic E-state index is 0.615. The van der Waals surface area contributed by atoms with Crippen LogP contribution in [0.15, 0.2) is 54.7 Å². The van der Waals surface area contributed by atoms with Gasteiger partial charge in [-0.05, 0) is 30.3 Å². The Kier molecular flexibility index (Phi) is 3.72. The fourth-order valence-corrected chi connectivity index (χ4v) is 3.13. The fraction of sp³-hybridized carbons (Fsp3) is 0.211. The number of rotatable bonds is 2. The van der Waals surface area contributed by atoms with Crippen LogP contribution in [0.5, 0.6) is 0 Å². The minimum absolute atomic E-state index is 0.615. The van der Waals surface area contributed by atoms with Gasteiger partial charge in [-0.3, -0.25) is 0 Å². The summed E-state index contributed by atoms with van der Waals surface area (Å²) in [7, 11) is 0. The molecule has 24 heavy (non-hydrogen) atoms. The molecule has 1 aromatic carbocycles. The second-order valence-corrected chi connectivity index (χ2v) is 5.83. The van der Waals surface area contributed by atoms with E-state index in [1.54, 1.807) is 6.20 Å². The molecule has 5 nitrogen and oxygen atoms in total. The lowest BCUT2D eigenvalue weighted by Crippen LogP contribution is -2.47. The Morgan fingerprint density at radius 2 is 1.67 bits per heavy atom. The SMILES string of the molecule is N#Cc1cc2cccnc2nc1N1CCN(c2ccccc2)CC1. The van der Waals surface area contributed by atoms with Gasteiger partial charge in [-0.1, -0.05) is 18.2 Å². The van der Waals surface area contributed by atoms with Gasteiger partial charge in [-0.25, -0.2) is 9.97 Å². The highest BCUT2D eigenvalue weighted by Crippen LogP contribution is 2.24. The number of aromatic nitrogens is 2. The van der Waals surface area contributed by atoms with E-state index in [0.29, 0.717) is 11.2 Å². The molecule has 1 aliphatic rings. The van der Waals surface area contributed by atoms with Gasteiger partial charge < -0.3 is 9.80 Å².